The minimum Gasteiger partial charge on any atom is -0.289 e. The first-order chi connectivity index (χ1) is 10.1. The molecular formula is C16H21ClN4. The van der Waals surface area contributed by atoms with Crippen molar-refractivity contribution in [2.24, 2.45) is 7.05 Å². The Hall–Kier alpha value is -1.39. The van der Waals surface area contributed by atoms with Crippen molar-refractivity contribution >= 4 is 11.6 Å². The topological polar surface area (TPSA) is 34.0 Å². The highest BCUT2D eigenvalue weighted by atomic mass is 35.5. The molecule has 2 aromatic heterocycles. The lowest BCUT2D eigenvalue weighted by Gasteiger charge is -2.31. The molecule has 0 bridgehead atoms. The fourth-order valence-corrected chi connectivity index (χ4v) is 3.70. The second kappa shape index (κ2) is 5.78. The molecule has 1 aliphatic heterocycles. The summed E-state index contributed by atoms with van der Waals surface area (Å²) in [6, 6.07) is 4.83. The van der Waals surface area contributed by atoms with Gasteiger partial charge in [-0.05, 0) is 44.9 Å². The molecule has 1 fully saturated rings. The number of hydrogen-bond acceptors (Lipinski definition) is 3. The zero-order valence-electron chi connectivity index (χ0n) is 12.8. The molecule has 3 heterocycles. The van der Waals surface area contributed by atoms with Gasteiger partial charge in [-0.3, -0.25) is 14.6 Å². The molecule has 21 heavy (non-hydrogen) atoms. The average molecular weight is 305 g/mol. The van der Waals surface area contributed by atoms with Gasteiger partial charge in [0.1, 0.15) is 5.15 Å². The van der Waals surface area contributed by atoms with Crippen molar-refractivity contribution in [2.75, 3.05) is 6.54 Å². The number of pyridine rings is 1. The summed E-state index contributed by atoms with van der Waals surface area (Å²) >= 11 is 6.47. The Balaban J connectivity index is 1.92. The monoisotopic (exact) mass is 304 g/mol. The van der Waals surface area contributed by atoms with E-state index in [1.165, 1.54) is 17.5 Å². The summed E-state index contributed by atoms with van der Waals surface area (Å²) in [5, 5.41) is 5.23. The van der Waals surface area contributed by atoms with Crippen molar-refractivity contribution < 1.29 is 0 Å². The summed E-state index contributed by atoms with van der Waals surface area (Å²) in [4.78, 5) is 6.77. The van der Waals surface area contributed by atoms with Gasteiger partial charge in [0.25, 0.3) is 0 Å². The minimum absolute atomic E-state index is 0.335. The van der Waals surface area contributed by atoms with Crippen molar-refractivity contribution in [1.29, 1.82) is 0 Å². The molecule has 1 saturated heterocycles. The van der Waals surface area contributed by atoms with Gasteiger partial charge >= 0.3 is 0 Å². The van der Waals surface area contributed by atoms with E-state index in [2.05, 4.69) is 28.0 Å². The van der Waals surface area contributed by atoms with Gasteiger partial charge < -0.3 is 0 Å². The summed E-state index contributed by atoms with van der Waals surface area (Å²) in [7, 11) is 1.91. The smallest absolute Gasteiger partial charge is 0.131 e. The van der Waals surface area contributed by atoms with Crippen molar-refractivity contribution in [3.05, 3.63) is 46.5 Å². The number of halogens is 1. The van der Waals surface area contributed by atoms with Crippen LogP contribution in [0.3, 0.4) is 0 Å². The summed E-state index contributed by atoms with van der Waals surface area (Å²) in [6.45, 7) is 5.38. The maximum atomic E-state index is 6.47. The quantitative estimate of drug-likeness (QED) is 0.867. The number of nitrogens with zero attached hydrogens (tertiary/aromatic N) is 4. The van der Waals surface area contributed by atoms with Crippen LogP contribution in [0.4, 0.5) is 0 Å². The Bertz CT molecular complexity index is 623. The number of rotatable bonds is 3. The van der Waals surface area contributed by atoms with Gasteiger partial charge in [-0.15, -0.1) is 0 Å². The fourth-order valence-electron chi connectivity index (χ4n) is 3.40. The highest BCUT2D eigenvalue weighted by Crippen LogP contribution is 2.41. The molecule has 4 nitrogen and oxygen atoms in total. The average Bonchev–Trinajstić information content (AvgIpc) is 3.05. The molecule has 112 valence electrons. The van der Waals surface area contributed by atoms with E-state index in [0.717, 1.165) is 23.8 Å². The summed E-state index contributed by atoms with van der Waals surface area (Å²) in [5.41, 5.74) is 3.48. The molecule has 0 N–H and O–H groups in total. The lowest BCUT2D eigenvalue weighted by atomic mass is 10.0. The van der Waals surface area contributed by atoms with Crippen LogP contribution < -0.4 is 0 Å². The van der Waals surface area contributed by atoms with Crippen LogP contribution in [0.15, 0.2) is 24.5 Å². The molecule has 0 amide bonds. The van der Waals surface area contributed by atoms with Crippen LogP contribution in [0.1, 0.15) is 48.7 Å². The first-order valence-corrected chi connectivity index (χ1v) is 7.82. The second-order valence-electron chi connectivity index (χ2n) is 5.77. The third kappa shape index (κ3) is 2.58. The maximum absolute atomic E-state index is 6.47. The lowest BCUT2D eigenvalue weighted by molar-refractivity contribution is 0.193. The number of likely N-dealkylation sites (tertiary alicyclic amines) is 1. The minimum atomic E-state index is 0.335. The normalized spacial score (nSPS) is 20.9. The van der Waals surface area contributed by atoms with E-state index in [9.17, 15) is 0 Å². The zero-order chi connectivity index (χ0) is 15.0. The van der Waals surface area contributed by atoms with Crippen LogP contribution in [-0.4, -0.2) is 26.2 Å². The van der Waals surface area contributed by atoms with Crippen LogP contribution >= 0.6 is 11.6 Å². The molecule has 3 rings (SSSR count). The second-order valence-corrected chi connectivity index (χ2v) is 6.13. The van der Waals surface area contributed by atoms with Gasteiger partial charge in [0, 0.05) is 37.1 Å². The van der Waals surface area contributed by atoms with Crippen LogP contribution in [-0.2, 0) is 7.05 Å². The Kier molecular flexibility index (Phi) is 4.00. The van der Waals surface area contributed by atoms with E-state index >= 15 is 0 Å². The molecule has 0 saturated carbocycles. The van der Waals surface area contributed by atoms with Crippen LogP contribution in [0.25, 0.3) is 0 Å². The highest BCUT2D eigenvalue weighted by Gasteiger charge is 2.34. The largest absolute Gasteiger partial charge is 0.289 e. The van der Waals surface area contributed by atoms with Crippen molar-refractivity contribution in [2.45, 2.75) is 38.8 Å². The summed E-state index contributed by atoms with van der Waals surface area (Å²) in [5.74, 6) is 0. The highest BCUT2D eigenvalue weighted by molar-refractivity contribution is 6.30. The molecule has 5 heteroatoms. The van der Waals surface area contributed by atoms with Gasteiger partial charge in [-0.25, -0.2) is 0 Å². The van der Waals surface area contributed by atoms with E-state index in [-0.39, 0.29) is 0 Å². The van der Waals surface area contributed by atoms with Crippen molar-refractivity contribution in [3.63, 3.8) is 0 Å². The summed E-state index contributed by atoms with van der Waals surface area (Å²) in [6.07, 6.45) is 6.11. The van der Waals surface area contributed by atoms with E-state index in [4.69, 9.17) is 11.6 Å². The third-order valence-corrected chi connectivity index (χ3v) is 4.94. The van der Waals surface area contributed by atoms with Crippen molar-refractivity contribution in [1.82, 2.24) is 19.7 Å². The first kappa shape index (κ1) is 14.5. The number of aryl methyl sites for hydroxylation is 2. The first-order valence-electron chi connectivity index (χ1n) is 7.44. The van der Waals surface area contributed by atoms with Crippen LogP contribution in [0, 0.1) is 6.92 Å². The standard InChI is InChI=1S/C16H21ClN4/c1-11-15(16(17)20(3)19-11)14-7-5-9-21(14)12(2)13-6-4-8-18-10-13/h4,6,8,10,12,14H,5,7,9H2,1-3H3/t12-,14-/m1/s1. The van der Waals surface area contributed by atoms with Gasteiger partial charge in [0.15, 0.2) is 0 Å². The number of aromatic nitrogens is 3. The Morgan fingerprint density at radius 2 is 2.24 bits per heavy atom. The predicted octanol–water partition coefficient (Wildman–Crippen LogP) is 3.68. The predicted molar refractivity (Wildman–Crippen MR) is 84.3 cm³/mol. The van der Waals surface area contributed by atoms with E-state index < -0.39 is 0 Å². The van der Waals surface area contributed by atoms with Gasteiger partial charge in [0.05, 0.1) is 5.69 Å². The molecular weight excluding hydrogens is 284 g/mol. The molecule has 0 spiro atoms. The van der Waals surface area contributed by atoms with Gasteiger partial charge in [0.2, 0.25) is 0 Å². The molecule has 0 unspecified atom stereocenters. The Morgan fingerprint density at radius 1 is 1.43 bits per heavy atom. The SMILES string of the molecule is Cc1nn(C)c(Cl)c1[C@H]1CCCN1[C@H](C)c1cccnc1. The van der Waals surface area contributed by atoms with E-state index in [1.807, 2.05) is 32.4 Å². The molecule has 0 aliphatic carbocycles. The molecule has 0 aromatic carbocycles. The molecule has 2 atom stereocenters. The molecule has 2 aromatic rings. The molecule has 0 radical (unpaired) electrons. The third-order valence-electron chi connectivity index (χ3n) is 4.49. The zero-order valence-corrected chi connectivity index (χ0v) is 13.5. The lowest BCUT2D eigenvalue weighted by Crippen LogP contribution is -2.27. The van der Waals surface area contributed by atoms with Crippen LogP contribution in [0.2, 0.25) is 5.15 Å². The fraction of sp³-hybridized carbons (Fsp3) is 0.500. The summed E-state index contributed by atoms with van der Waals surface area (Å²) < 4.78 is 1.78. The van der Waals surface area contributed by atoms with Crippen molar-refractivity contribution in [3.8, 4) is 0 Å². The van der Waals surface area contributed by atoms with E-state index in [1.54, 1.807) is 4.68 Å². The van der Waals surface area contributed by atoms with E-state index in [0.29, 0.717) is 12.1 Å². The molecule has 1 aliphatic rings. The maximum Gasteiger partial charge on any atom is 0.131 e. The van der Waals surface area contributed by atoms with Gasteiger partial charge in [-0.2, -0.15) is 5.10 Å². The Labute approximate surface area is 130 Å². The Morgan fingerprint density at radius 3 is 2.86 bits per heavy atom. The number of hydrogen-bond donors (Lipinski definition) is 0. The van der Waals surface area contributed by atoms with Gasteiger partial charge in [-0.1, -0.05) is 17.7 Å². The van der Waals surface area contributed by atoms with Crippen LogP contribution in [0.5, 0.6) is 0 Å².